The maximum Gasteiger partial charge on any atom is 0.269 e. The number of allylic oxidation sites excluding steroid dienone is 1. The fourth-order valence-corrected chi connectivity index (χ4v) is 3.35. The average Bonchev–Trinajstić information content (AvgIpc) is 3.29. The molecule has 11 nitrogen and oxygen atoms in total. The van der Waals surface area contributed by atoms with Gasteiger partial charge in [-0.25, -0.2) is 0 Å². The molecule has 4 rings (SSSR count). The first-order valence-corrected chi connectivity index (χ1v) is 10.1. The molecule has 0 atom stereocenters. The van der Waals surface area contributed by atoms with Crippen LogP contribution in [-0.2, 0) is 4.74 Å². The van der Waals surface area contributed by atoms with Gasteiger partial charge in [-0.1, -0.05) is 18.2 Å². The Balaban J connectivity index is 1.66. The number of rotatable bonds is 7. The molecule has 33 heavy (non-hydrogen) atoms. The fourth-order valence-electron chi connectivity index (χ4n) is 3.35. The largest absolute Gasteiger partial charge is 0.507 e. The lowest BCUT2D eigenvalue weighted by Crippen LogP contribution is -2.38. The van der Waals surface area contributed by atoms with Gasteiger partial charge in [-0.3, -0.25) is 14.7 Å². The summed E-state index contributed by atoms with van der Waals surface area (Å²) in [4.78, 5) is 12.3. The quantitative estimate of drug-likeness (QED) is 0.250. The third kappa shape index (κ3) is 4.76. The number of ether oxygens (including phenoxy) is 2. The van der Waals surface area contributed by atoms with E-state index in [9.17, 15) is 20.5 Å². The van der Waals surface area contributed by atoms with Crippen LogP contribution in [0.25, 0.3) is 11.3 Å². The smallest absolute Gasteiger partial charge is 0.269 e. The van der Waals surface area contributed by atoms with Crippen LogP contribution >= 0.6 is 0 Å². The first-order valence-electron chi connectivity index (χ1n) is 10.1. The molecule has 0 spiro atoms. The second-order valence-corrected chi connectivity index (χ2v) is 7.07. The van der Waals surface area contributed by atoms with Gasteiger partial charge >= 0.3 is 0 Å². The number of non-ortho nitro benzene ring substituents is 1. The van der Waals surface area contributed by atoms with Crippen LogP contribution in [0.3, 0.4) is 0 Å². The van der Waals surface area contributed by atoms with Gasteiger partial charge in [-0.05, 0) is 24.3 Å². The molecular weight excluding hydrogens is 428 g/mol. The minimum absolute atomic E-state index is 0.0774. The highest BCUT2D eigenvalue weighted by Crippen LogP contribution is 2.27. The molecular formula is C22H20N6O5. The number of para-hydroxylation sites is 1. The van der Waals surface area contributed by atoms with Crippen LogP contribution in [0.1, 0.15) is 5.82 Å². The van der Waals surface area contributed by atoms with Crippen LogP contribution in [0, 0.1) is 21.4 Å². The molecule has 0 unspecified atom stereocenters. The summed E-state index contributed by atoms with van der Waals surface area (Å²) in [5, 5.41) is 39.8. The number of benzene rings is 2. The zero-order valence-corrected chi connectivity index (χ0v) is 17.5. The van der Waals surface area contributed by atoms with Crippen LogP contribution in [0.2, 0.25) is 0 Å². The zero-order chi connectivity index (χ0) is 23.2. The van der Waals surface area contributed by atoms with Crippen molar-refractivity contribution in [1.82, 2.24) is 14.8 Å². The number of nitro groups is 1. The number of morpholine rings is 1. The van der Waals surface area contributed by atoms with Crippen molar-refractivity contribution in [2.45, 2.75) is 0 Å². The maximum atomic E-state index is 10.8. The molecule has 1 N–H and O–H groups in total. The third-order valence-electron chi connectivity index (χ3n) is 5.00. The van der Waals surface area contributed by atoms with Crippen LogP contribution < -0.4 is 9.64 Å². The molecule has 11 heteroatoms. The molecule has 168 valence electrons. The van der Waals surface area contributed by atoms with Crippen molar-refractivity contribution >= 4 is 17.2 Å². The predicted molar refractivity (Wildman–Crippen MR) is 118 cm³/mol. The lowest BCUT2D eigenvalue weighted by atomic mass is 10.2. The van der Waals surface area contributed by atoms with E-state index in [-0.39, 0.29) is 29.5 Å². The molecule has 1 aliphatic rings. The van der Waals surface area contributed by atoms with Crippen molar-refractivity contribution in [1.29, 1.82) is 5.26 Å². The van der Waals surface area contributed by atoms with Gasteiger partial charge in [0, 0.05) is 25.2 Å². The van der Waals surface area contributed by atoms with Crippen molar-refractivity contribution in [2.75, 3.05) is 37.8 Å². The van der Waals surface area contributed by atoms with Gasteiger partial charge in [0.05, 0.1) is 23.8 Å². The van der Waals surface area contributed by atoms with Gasteiger partial charge in [0.2, 0.25) is 5.95 Å². The number of aliphatic hydroxyl groups is 1. The molecule has 1 saturated heterocycles. The summed E-state index contributed by atoms with van der Waals surface area (Å²) >= 11 is 0. The molecule has 2 aromatic carbocycles. The van der Waals surface area contributed by atoms with Crippen molar-refractivity contribution in [3.05, 3.63) is 76.3 Å². The number of hydrogen-bond donors (Lipinski definition) is 1. The summed E-state index contributed by atoms with van der Waals surface area (Å²) in [6, 6.07) is 16.7. The van der Waals surface area contributed by atoms with Gasteiger partial charge in [-0.15, -0.1) is 10.2 Å². The summed E-state index contributed by atoms with van der Waals surface area (Å²) in [5.74, 6) is 0.684. The minimum atomic E-state index is -0.516. The monoisotopic (exact) mass is 448 g/mol. The Kier molecular flexibility index (Phi) is 6.47. The standard InChI is InChI=1S/C22H20N6O5/c23-14-19(20(29)15-33-18-8-6-17(7-9-18)28(30)31)21-24-25-22(26-10-12-32-13-11-26)27(21)16-4-2-1-3-5-16/h1-9,29H,10-13,15H2/b20-19-. The minimum Gasteiger partial charge on any atom is -0.507 e. The Hall–Kier alpha value is -4.43. The summed E-state index contributed by atoms with van der Waals surface area (Å²) < 4.78 is 12.6. The summed E-state index contributed by atoms with van der Waals surface area (Å²) in [7, 11) is 0. The maximum absolute atomic E-state index is 10.8. The van der Waals surface area contributed by atoms with Gasteiger partial charge in [0.15, 0.2) is 11.6 Å². The molecule has 0 aliphatic carbocycles. The molecule has 1 aliphatic heterocycles. The summed E-state index contributed by atoms with van der Waals surface area (Å²) in [5.41, 5.74) is 0.565. The predicted octanol–water partition coefficient (Wildman–Crippen LogP) is 2.88. The Morgan fingerprint density at radius 3 is 2.48 bits per heavy atom. The van der Waals surface area contributed by atoms with Crippen molar-refractivity contribution in [3.63, 3.8) is 0 Å². The van der Waals surface area contributed by atoms with E-state index >= 15 is 0 Å². The highest BCUT2D eigenvalue weighted by Gasteiger charge is 2.25. The number of nitrogens with zero attached hydrogens (tertiary/aromatic N) is 6. The van der Waals surface area contributed by atoms with E-state index in [2.05, 4.69) is 10.2 Å². The number of anilines is 1. The molecule has 0 bridgehead atoms. The van der Waals surface area contributed by atoms with Crippen LogP contribution in [0.15, 0.2) is 60.4 Å². The molecule has 1 fully saturated rings. The first-order chi connectivity index (χ1) is 16.1. The molecule has 0 amide bonds. The number of aliphatic hydroxyl groups excluding tert-OH is 1. The van der Waals surface area contributed by atoms with Gasteiger partial charge < -0.3 is 19.5 Å². The van der Waals surface area contributed by atoms with E-state index in [1.807, 2.05) is 41.3 Å². The normalized spacial score (nSPS) is 14.3. The summed E-state index contributed by atoms with van der Waals surface area (Å²) in [6.45, 7) is 2.01. The van der Waals surface area contributed by atoms with E-state index < -0.39 is 4.92 Å². The Bertz CT molecular complexity index is 1190. The zero-order valence-electron chi connectivity index (χ0n) is 17.5. The SMILES string of the molecule is N#C/C(=C(/O)COc1ccc([N+](=O)[O-])cc1)c1nnc(N2CCOCC2)n1-c1ccccc1. The number of nitriles is 1. The van der Waals surface area contributed by atoms with Crippen LogP contribution in [0.4, 0.5) is 11.6 Å². The van der Waals surface area contributed by atoms with Crippen LogP contribution in [0.5, 0.6) is 5.75 Å². The third-order valence-corrected chi connectivity index (χ3v) is 5.00. The van der Waals surface area contributed by atoms with Gasteiger partial charge in [0.25, 0.3) is 5.69 Å². The first kappa shape index (κ1) is 21.8. The highest BCUT2D eigenvalue weighted by molar-refractivity contribution is 5.76. The summed E-state index contributed by atoms with van der Waals surface area (Å²) in [6.07, 6.45) is 0. The second kappa shape index (κ2) is 9.80. The molecule has 0 saturated carbocycles. The van der Waals surface area contributed by atoms with Crippen molar-refractivity contribution in [2.24, 2.45) is 0 Å². The number of nitro benzene ring substituents is 1. The van der Waals surface area contributed by atoms with E-state index in [0.29, 0.717) is 38.0 Å². The molecule has 3 aromatic rings. The lowest BCUT2D eigenvalue weighted by Gasteiger charge is -2.28. The van der Waals surface area contributed by atoms with Crippen molar-refractivity contribution in [3.8, 4) is 17.5 Å². The molecule has 0 radical (unpaired) electrons. The Morgan fingerprint density at radius 2 is 1.85 bits per heavy atom. The van der Waals surface area contributed by atoms with E-state index in [1.165, 1.54) is 24.3 Å². The topological polar surface area (TPSA) is 140 Å². The lowest BCUT2D eigenvalue weighted by molar-refractivity contribution is -0.384. The van der Waals surface area contributed by atoms with Crippen molar-refractivity contribution < 1.29 is 19.5 Å². The van der Waals surface area contributed by atoms with Crippen LogP contribution in [-0.4, -0.2) is 57.7 Å². The Labute approximate surface area is 188 Å². The van der Waals surface area contributed by atoms with Gasteiger partial charge in [-0.2, -0.15) is 5.26 Å². The highest BCUT2D eigenvalue weighted by atomic mass is 16.6. The number of hydrogen-bond acceptors (Lipinski definition) is 9. The second-order valence-electron chi connectivity index (χ2n) is 7.07. The number of aromatic nitrogens is 3. The molecule has 2 heterocycles. The molecule has 1 aromatic heterocycles. The average molecular weight is 448 g/mol. The Morgan fingerprint density at radius 1 is 1.15 bits per heavy atom. The fraction of sp³-hybridized carbons (Fsp3) is 0.227. The van der Waals surface area contributed by atoms with E-state index in [4.69, 9.17) is 9.47 Å². The van der Waals surface area contributed by atoms with E-state index in [1.54, 1.807) is 4.57 Å². The van der Waals surface area contributed by atoms with E-state index in [0.717, 1.165) is 5.69 Å². The van der Waals surface area contributed by atoms with Gasteiger partial charge in [0.1, 0.15) is 24.0 Å².